The average molecular weight is 353 g/mol. The van der Waals surface area contributed by atoms with Crippen LogP contribution in [0, 0.1) is 12.7 Å². The third kappa shape index (κ3) is 3.82. The van der Waals surface area contributed by atoms with E-state index >= 15 is 0 Å². The van der Waals surface area contributed by atoms with E-state index in [2.05, 4.69) is 20.7 Å². The fourth-order valence-electron chi connectivity index (χ4n) is 1.84. The molecule has 0 amide bonds. The van der Waals surface area contributed by atoms with Crippen LogP contribution in [-0.2, 0) is 11.3 Å². The normalized spacial score (nSPS) is 10.3. The van der Waals surface area contributed by atoms with Crippen molar-refractivity contribution >= 4 is 21.9 Å². The minimum Gasteiger partial charge on any atom is -0.489 e. The molecular formula is C16H14BrFO3. The standard InChI is InChI=1S/C16H14BrFO3/c1-10-7-13(18)5-6-15(10)21-9-12-4-3-11(8-14(12)17)16(19)20-2/h3-8H,9H2,1-2H3. The number of benzene rings is 2. The number of hydrogen-bond donors (Lipinski definition) is 0. The minimum atomic E-state index is -0.391. The summed E-state index contributed by atoms with van der Waals surface area (Å²) in [6.07, 6.45) is 0. The van der Waals surface area contributed by atoms with E-state index in [0.29, 0.717) is 17.9 Å². The first-order valence-corrected chi connectivity index (χ1v) is 7.06. The van der Waals surface area contributed by atoms with Gasteiger partial charge in [0.1, 0.15) is 18.2 Å². The highest BCUT2D eigenvalue weighted by molar-refractivity contribution is 9.10. The van der Waals surface area contributed by atoms with E-state index in [0.717, 1.165) is 15.6 Å². The van der Waals surface area contributed by atoms with Gasteiger partial charge >= 0.3 is 5.97 Å². The second kappa shape index (κ2) is 6.72. The van der Waals surface area contributed by atoms with Crippen LogP contribution >= 0.6 is 15.9 Å². The van der Waals surface area contributed by atoms with E-state index in [1.807, 2.05) is 0 Å². The predicted molar refractivity (Wildman–Crippen MR) is 81.0 cm³/mol. The van der Waals surface area contributed by atoms with Crippen LogP contribution in [0.5, 0.6) is 5.75 Å². The van der Waals surface area contributed by atoms with E-state index in [4.69, 9.17) is 4.74 Å². The maximum Gasteiger partial charge on any atom is 0.337 e. The van der Waals surface area contributed by atoms with Gasteiger partial charge < -0.3 is 9.47 Å². The molecule has 0 spiro atoms. The molecule has 5 heteroatoms. The summed E-state index contributed by atoms with van der Waals surface area (Å²) in [7, 11) is 1.34. The van der Waals surface area contributed by atoms with Gasteiger partial charge in [-0.2, -0.15) is 0 Å². The Hall–Kier alpha value is -1.88. The highest BCUT2D eigenvalue weighted by Gasteiger charge is 2.09. The van der Waals surface area contributed by atoms with Crippen LogP contribution < -0.4 is 4.74 Å². The predicted octanol–water partition coefficient (Wildman–Crippen LogP) is 4.26. The minimum absolute atomic E-state index is 0.288. The number of rotatable bonds is 4. The van der Waals surface area contributed by atoms with Crippen LogP contribution in [0.1, 0.15) is 21.5 Å². The van der Waals surface area contributed by atoms with E-state index in [1.54, 1.807) is 31.2 Å². The van der Waals surface area contributed by atoms with Crippen LogP contribution in [0.15, 0.2) is 40.9 Å². The zero-order valence-corrected chi connectivity index (χ0v) is 13.2. The van der Waals surface area contributed by atoms with Gasteiger partial charge in [-0.05, 0) is 42.8 Å². The molecule has 3 nitrogen and oxygen atoms in total. The first-order valence-electron chi connectivity index (χ1n) is 6.27. The van der Waals surface area contributed by atoms with Crippen LogP contribution in [-0.4, -0.2) is 13.1 Å². The molecule has 0 aliphatic rings. The van der Waals surface area contributed by atoms with Crippen LogP contribution in [0.2, 0.25) is 0 Å². The number of halogens is 2. The molecule has 0 aliphatic carbocycles. The van der Waals surface area contributed by atoms with Crippen LogP contribution in [0.4, 0.5) is 4.39 Å². The van der Waals surface area contributed by atoms with Crippen molar-refractivity contribution in [3.05, 3.63) is 63.4 Å². The third-order valence-corrected chi connectivity index (χ3v) is 3.73. The van der Waals surface area contributed by atoms with Crippen LogP contribution in [0.3, 0.4) is 0 Å². The Bertz CT molecular complexity index is 671. The highest BCUT2D eigenvalue weighted by Crippen LogP contribution is 2.23. The smallest absolute Gasteiger partial charge is 0.337 e. The Labute approximate surface area is 130 Å². The summed E-state index contributed by atoms with van der Waals surface area (Å²) in [5.74, 6) is -0.0543. The van der Waals surface area contributed by atoms with E-state index < -0.39 is 5.97 Å². The van der Waals surface area contributed by atoms with Crippen molar-refractivity contribution in [2.24, 2.45) is 0 Å². The van der Waals surface area contributed by atoms with Crippen molar-refractivity contribution in [3.8, 4) is 5.75 Å². The van der Waals surface area contributed by atoms with Crippen molar-refractivity contribution in [2.75, 3.05) is 7.11 Å². The van der Waals surface area contributed by atoms with Crippen molar-refractivity contribution < 1.29 is 18.7 Å². The van der Waals surface area contributed by atoms with Gasteiger partial charge in [-0.25, -0.2) is 9.18 Å². The molecule has 0 unspecified atom stereocenters. The summed E-state index contributed by atoms with van der Waals surface area (Å²) < 4.78 is 24.1. The molecule has 2 aromatic carbocycles. The van der Waals surface area contributed by atoms with Crippen molar-refractivity contribution in [2.45, 2.75) is 13.5 Å². The molecule has 0 fully saturated rings. The van der Waals surface area contributed by atoms with Crippen LogP contribution in [0.25, 0.3) is 0 Å². The molecule has 2 aromatic rings. The summed E-state index contributed by atoms with van der Waals surface area (Å²) in [5, 5.41) is 0. The lowest BCUT2D eigenvalue weighted by Gasteiger charge is -2.11. The lowest BCUT2D eigenvalue weighted by atomic mass is 10.1. The van der Waals surface area contributed by atoms with Gasteiger partial charge in [0.05, 0.1) is 12.7 Å². The fraction of sp³-hybridized carbons (Fsp3) is 0.188. The molecule has 0 atom stereocenters. The quantitative estimate of drug-likeness (QED) is 0.771. The number of hydrogen-bond acceptors (Lipinski definition) is 3. The van der Waals surface area contributed by atoms with E-state index in [9.17, 15) is 9.18 Å². The average Bonchev–Trinajstić information content (AvgIpc) is 2.46. The number of esters is 1. The SMILES string of the molecule is COC(=O)c1ccc(COc2ccc(F)cc2C)c(Br)c1. The largest absolute Gasteiger partial charge is 0.489 e. The van der Waals surface area contributed by atoms with Crippen molar-refractivity contribution in [3.63, 3.8) is 0 Å². The molecule has 0 aliphatic heterocycles. The fourth-order valence-corrected chi connectivity index (χ4v) is 2.33. The van der Waals surface area contributed by atoms with Gasteiger partial charge in [0.2, 0.25) is 0 Å². The first kappa shape index (κ1) is 15.5. The first-order chi connectivity index (χ1) is 10.0. The molecule has 0 radical (unpaired) electrons. The number of methoxy groups -OCH3 is 1. The summed E-state index contributed by atoms with van der Waals surface area (Å²) >= 11 is 3.40. The maximum absolute atomic E-state index is 13.0. The highest BCUT2D eigenvalue weighted by atomic mass is 79.9. The molecule has 0 saturated carbocycles. The summed E-state index contributed by atoms with van der Waals surface area (Å²) in [6.45, 7) is 2.10. The third-order valence-electron chi connectivity index (χ3n) is 2.99. The Morgan fingerprint density at radius 2 is 2.00 bits per heavy atom. The van der Waals surface area contributed by atoms with Gasteiger partial charge in [0, 0.05) is 10.0 Å². The lowest BCUT2D eigenvalue weighted by Crippen LogP contribution is -2.03. The second-order valence-corrected chi connectivity index (χ2v) is 5.35. The lowest BCUT2D eigenvalue weighted by molar-refractivity contribution is 0.0600. The monoisotopic (exact) mass is 352 g/mol. The summed E-state index contributed by atoms with van der Waals surface area (Å²) in [5.41, 5.74) is 2.08. The zero-order valence-electron chi connectivity index (χ0n) is 11.7. The van der Waals surface area contributed by atoms with Gasteiger partial charge in [-0.15, -0.1) is 0 Å². The topological polar surface area (TPSA) is 35.5 Å². The number of aryl methyl sites for hydroxylation is 1. The van der Waals surface area contributed by atoms with Gasteiger partial charge in [-0.1, -0.05) is 22.0 Å². The van der Waals surface area contributed by atoms with Gasteiger partial charge in [-0.3, -0.25) is 0 Å². The molecule has 110 valence electrons. The Kier molecular flexibility index (Phi) is 4.96. The molecule has 0 saturated heterocycles. The molecule has 2 rings (SSSR count). The van der Waals surface area contributed by atoms with Crippen molar-refractivity contribution in [1.29, 1.82) is 0 Å². The van der Waals surface area contributed by atoms with Gasteiger partial charge in [0.15, 0.2) is 0 Å². The van der Waals surface area contributed by atoms with E-state index in [1.165, 1.54) is 19.2 Å². The molecule has 0 bridgehead atoms. The Morgan fingerprint density at radius 3 is 2.62 bits per heavy atom. The van der Waals surface area contributed by atoms with Crippen molar-refractivity contribution in [1.82, 2.24) is 0 Å². The molecule has 0 N–H and O–H groups in total. The summed E-state index contributed by atoms with van der Waals surface area (Å²) in [6, 6.07) is 9.52. The summed E-state index contributed by atoms with van der Waals surface area (Å²) in [4.78, 5) is 11.4. The van der Waals surface area contributed by atoms with E-state index in [-0.39, 0.29) is 5.82 Å². The molecule has 0 aromatic heterocycles. The zero-order chi connectivity index (χ0) is 15.4. The second-order valence-electron chi connectivity index (χ2n) is 4.50. The maximum atomic E-state index is 13.0. The number of carbonyl (C=O) groups excluding carboxylic acids is 1. The molecular weight excluding hydrogens is 339 g/mol. The van der Waals surface area contributed by atoms with Gasteiger partial charge in [0.25, 0.3) is 0 Å². The molecule has 21 heavy (non-hydrogen) atoms. The Morgan fingerprint density at radius 1 is 1.24 bits per heavy atom. The number of carbonyl (C=O) groups is 1. The number of ether oxygens (including phenoxy) is 2. The Balaban J connectivity index is 2.11. The molecule has 0 heterocycles.